The number of benzene rings is 2. The predicted molar refractivity (Wildman–Crippen MR) is 145 cm³/mol. The number of aliphatic hydroxyl groups is 2. The lowest BCUT2D eigenvalue weighted by Gasteiger charge is -2.42. The van der Waals surface area contributed by atoms with Crippen molar-refractivity contribution in [3.63, 3.8) is 0 Å². The zero-order valence-electron chi connectivity index (χ0n) is 21.6. The number of hydrogen-bond donors (Lipinski definition) is 6. The smallest absolute Gasteiger partial charge is 0.253 e. The molecule has 1 unspecified atom stereocenters. The number of aromatic hydroxyl groups is 1. The maximum absolute atomic E-state index is 13.6. The van der Waals surface area contributed by atoms with E-state index in [1.54, 1.807) is 37.2 Å². The van der Waals surface area contributed by atoms with E-state index in [0.29, 0.717) is 24.1 Å². The highest BCUT2D eigenvalue weighted by Crippen LogP contribution is 2.51. The Morgan fingerprint density at radius 2 is 1.87 bits per heavy atom. The molecular weight excluding hydrogens is 500 g/mol. The molecular formula is C29H30N4O6. The van der Waals surface area contributed by atoms with Crippen LogP contribution in [0.15, 0.2) is 53.3 Å². The average Bonchev–Trinajstić information content (AvgIpc) is 2.83. The van der Waals surface area contributed by atoms with Crippen molar-refractivity contribution in [1.82, 2.24) is 4.90 Å². The van der Waals surface area contributed by atoms with Gasteiger partial charge < -0.3 is 36.7 Å². The molecule has 2 amide bonds. The topological polar surface area (TPSA) is 177 Å². The highest BCUT2D eigenvalue weighted by molar-refractivity contribution is 6.29. The van der Waals surface area contributed by atoms with Crippen LogP contribution >= 0.6 is 0 Å². The first-order valence-electron chi connectivity index (χ1n) is 12.7. The number of nitrogens with one attached hydrogen (secondary N) is 2. The van der Waals surface area contributed by atoms with Crippen molar-refractivity contribution < 1.29 is 29.7 Å². The SMILES string of the molecule is CN(C)CC(=O)Nc1cccc(-c2ccc(O)c3c2C[C@H]2C[C@H]4CC(O)=C(C(N)=O)C(=N)C4C(=O)C2=C3O)c1. The minimum Gasteiger partial charge on any atom is -0.511 e. The number of phenolic OH excluding ortho intramolecular Hbond substituents is 1. The molecule has 3 atom stereocenters. The number of primary amides is 1. The van der Waals surface area contributed by atoms with Gasteiger partial charge in [0.25, 0.3) is 5.91 Å². The molecule has 202 valence electrons. The Morgan fingerprint density at radius 3 is 2.56 bits per heavy atom. The normalized spacial score (nSPS) is 22.4. The molecule has 10 nitrogen and oxygen atoms in total. The largest absolute Gasteiger partial charge is 0.511 e. The molecule has 1 fully saturated rings. The third kappa shape index (κ3) is 4.46. The molecule has 0 radical (unpaired) electrons. The monoisotopic (exact) mass is 530 g/mol. The molecule has 3 aliphatic carbocycles. The van der Waals surface area contributed by atoms with Crippen LogP contribution in [0.4, 0.5) is 5.69 Å². The zero-order chi connectivity index (χ0) is 28.2. The number of carbonyl (C=O) groups is 3. The summed E-state index contributed by atoms with van der Waals surface area (Å²) in [5, 5.41) is 43.8. The Balaban J connectivity index is 1.55. The number of hydrogen-bond acceptors (Lipinski definition) is 8. The van der Waals surface area contributed by atoms with Crippen molar-refractivity contribution in [2.45, 2.75) is 19.3 Å². The molecule has 2 aromatic carbocycles. The molecule has 0 aliphatic heterocycles. The summed E-state index contributed by atoms with van der Waals surface area (Å²) >= 11 is 0. The summed E-state index contributed by atoms with van der Waals surface area (Å²) in [4.78, 5) is 39.5. The number of fused-ring (bicyclic) bond motifs is 3. The molecule has 0 aromatic heterocycles. The number of anilines is 1. The molecule has 39 heavy (non-hydrogen) atoms. The molecule has 0 bridgehead atoms. The third-order valence-electron chi connectivity index (χ3n) is 7.74. The highest BCUT2D eigenvalue weighted by atomic mass is 16.3. The number of allylic oxidation sites excluding steroid dienone is 2. The molecule has 5 rings (SSSR count). The first kappa shape index (κ1) is 26.2. The van der Waals surface area contributed by atoms with Gasteiger partial charge in [0, 0.05) is 17.7 Å². The number of aliphatic hydroxyl groups excluding tert-OH is 2. The van der Waals surface area contributed by atoms with Crippen molar-refractivity contribution in [2.75, 3.05) is 26.0 Å². The second kappa shape index (κ2) is 9.70. The molecule has 1 saturated carbocycles. The Morgan fingerprint density at radius 1 is 1.13 bits per heavy atom. The number of ketones is 1. The average molecular weight is 531 g/mol. The van der Waals surface area contributed by atoms with Crippen molar-refractivity contribution in [3.8, 4) is 16.9 Å². The van der Waals surface area contributed by atoms with Gasteiger partial charge in [-0.1, -0.05) is 18.2 Å². The molecule has 3 aliphatic rings. The quantitative estimate of drug-likeness (QED) is 0.344. The fraction of sp³-hybridized carbons (Fsp3) is 0.310. The van der Waals surface area contributed by atoms with Crippen molar-refractivity contribution in [3.05, 3.63) is 64.4 Å². The van der Waals surface area contributed by atoms with E-state index in [9.17, 15) is 29.7 Å². The minimum absolute atomic E-state index is 0.0377. The van der Waals surface area contributed by atoms with Gasteiger partial charge in [-0.25, -0.2) is 0 Å². The summed E-state index contributed by atoms with van der Waals surface area (Å²) in [5.74, 6) is -4.29. The number of nitrogens with two attached hydrogens (primary N) is 1. The lowest BCUT2D eigenvalue weighted by atomic mass is 9.60. The van der Waals surface area contributed by atoms with Crippen molar-refractivity contribution in [2.24, 2.45) is 23.5 Å². The van der Waals surface area contributed by atoms with Gasteiger partial charge in [0.1, 0.15) is 17.3 Å². The Kier molecular flexibility index (Phi) is 6.51. The van der Waals surface area contributed by atoms with Gasteiger partial charge >= 0.3 is 0 Å². The maximum Gasteiger partial charge on any atom is 0.253 e. The predicted octanol–water partition coefficient (Wildman–Crippen LogP) is 2.93. The van der Waals surface area contributed by atoms with Gasteiger partial charge in [-0.15, -0.1) is 0 Å². The van der Waals surface area contributed by atoms with Crippen LogP contribution < -0.4 is 11.1 Å². The van der Waals surface area contributed by atoms with Crippen LogP contribution in [0, 0.1) is 23.2 Å². The third-order valence-corrected chi connectivity index (χ3v) is 7.74. The van der Waals surface area contributed by atoms with E-state index in [1.807, 2.05) is 12.1 Å². The summed E-state index contributed by atoms with van der Waals surface area (Å²) in [6, 6.07) is 10.5. The van der Waals surface area contributed by atoms with E-state index in [-0.39, 0.29) is 58.6 Å². The number of phenols is 1. The summed E-state index contributed by atoms with van der Waals surface area (Å²) in [6.07, 6.45) is 0.768. The molecule has 2 aromatic rings. The van der Waals surface area contributed by atoms with E-state index in [2.05, 4.69) is 5.32 Å². The first-order valence-corrected chi connectivity index (χ1v) is 12.7. The zero-order valence-corrected chi connectivity index (χ0v) is 21.6. The van der Waals surface area contributed by atoms with Crippen molar-refractivity contribution >= 4 is 34.8 Å². The van der Waals surface area contributed by atoms with Gasteiger partial charge in [-0.05, 0) is 73.7 Å². The van der Waals surface area contributed by atoms with Crippen LogP contribution in [0.25, 0.3) is 16.9 Å². The van der Waals surface area contributed by atoms with Crippen LogP contribution in [-0.4, -0.2) is 64.2 Å². The van der Waals surface area contributed by atoms with Gasteiger partial charge in [0.05, 0.1) is 29.3 Å². The van der Waals surface area contributed by atoms with Crippen LogP contribution in [-0.2, 0) is 20.8 Å². The van der Waals surface area contributed by atoms with E-state index in [1.165, 1.54) is 6.07 Å². The summed E-state index contributed by atoms with van der Waals surface area (Å²) in [5.41, 5.74) is 7.71. The Hall–Kier alpha value is -4.44. The fourth-order valence-electron chi connectivity index (χ4n) is 6.22. The standard InChI is InChI=1S/C29H30N4O6/c1-33(2)12-21(36)32-16-5-3-4-13(9-16)17-6-7-19(34)24-18(17)10-14-8-15-11-20(35)25(29(31)39)26(30)22(15)27(37)23(14)28(24)38/h3-7,9,14-15,22,30,34-35,38H,8,10-12H2,1-2H3,(H2,31,39)(H,32,36)/t14-,15+,22?/m1/s1. The second-order valence-electron chi connectivity index (χ2n) is 10.7. The lowest BCUT2D eigenvalue weighted by molar-refractivity contribution is -0.121. The number of likely N-dealkylation sites (N-methyl/N-ethyl adjacent to an activating group) is 1. The van der Waals surface area contributed by atoms with E-state index >= 15 is 0 Å². The summed E-state index contributed by atoms with van der Waals surface area (Å²) in [7, 11) is 3.60. The summed E-state index contributed by atoms with van der Waals surface area (Å²) < 4.78 is 0. The number of Topliss-reactive ketones (excluding diaryl/α,β-unsaturated/α-hetero) is 1. The number of nitrogens with zero attached hydrogens (tertiary/aromatic N) is 1. The highest BCUT2D eigenvalue weighted by Gasteiger charge is 2.50. The van der Waals surface area contributed by atoms with Crippen LogP contribution in [0.2, 0.25) is 0 Å². The number of rotatable bonds is 5. The lowest BCUT2D eigenvalue weighted by Crippen LogP contribution is -2.46. The molecule has 7 N–H and O–H groups in total. The van der Waals surface area contributed by atoms with Gasteiger partial charge in [0.15, 0.2) is 5.78 Å². The molecule has 0 heterocycles. The second-order valence-corrected chi connectivity index (χ2v) is 10.7. The molecule has 0 spiro atoms. The Labute approximate surface area is 224 Å². The van der Waals surface area contributed by atoms with Crippen LogP contribution in [0.1, 0.15) is 24.0 Å². The summed E-state index contributed by atoms with van der Waals surface area (Å²) in [6.45, 7) is 0.224. The van der Waals surface area contributed by atoms with Crippen LogP contribution in [0.5, 0.6) is 5.75 Å². The fourth-order valence-corrected chi connectivity index (χ4v) is 6.22. The first-order chi connectivity index (χ1) is 18.5. The van der Waals surface area contributed by atoms with Gasteiger partial charge in [0.2, 0.25) is 5.91 Å². The van der Waals surface area contributed by atoms with Gasteiger partial charge in [-0.3, -0.25) is 14.4 Å². The minimum atomic E-state index is -1.01. The van der Waals surface area contributed by atoms with Gasteiger partial charge in [-0.2, -0.15) is 0 Å². The molecule has 10 heteroatoms. The molecule has 0 saturated heterocycles. The van der Waals surface area contributed by atoms with E-state index in [4.69, 9.17) is 11.1 Å². The maximum atomic E-state index is 13.6. The van der Waals surface area contributed by atoms with E-state index in [0.717, 1.165) is 11.1 Å². The Bertz CT molecular complexity index is 1510. The van der Waals surface area contributed by atoms with Crippen LogP contribution in [0.3, 0.4) is 0 Å². The number of carbonyl (C=O) groups excluding carboxylic acids is 3. The van der Waals surface area contributed by atoms with Crippen molar-refractivity contribution in [1.29, 1.82) is 5.41 Å². The number of amides is 2. The van der Waals surface area contributed by atoms with E-state index < -0.39 is 29.4 Å².